The van der Waals surface area contributed by atoms with Gasteiger partial charge in [-0.15, -0.1) is 11.6 Å². The van der Waals surface area contributed by atoms with Crippen LogP contribution < -0.4 is 15.2 Å². The van der Waals surface area contributed by atoms with Crippen LogP contribution in [-0.2, 0) is 15.4 Å². The van der Waals surface area contributed by atoms with E-state index in [9.17, 15) is 13.7 Å². The molecule has 3 aromatic carbocycles. The Morgan fingerprint density at radius 3 is 2.37 bits per heavy atom. The van der Waals surface area contributed by atoms with Crippen molar-refractivity contribution in [2.45, 2.75) is 19.3 Å². The fourth-order valence-corrected chi connectivity index (χ4v) is 4.89. The molecule has 3 N–H and O–H groups in total. The van der Waals surface area contributed by atoms with Gasteiger partial charge in [0.2, 0.25) is 16.0 Å². The maximum Gasteiger partial charge on any atom is 0.239 e. The number of hydrogen-bond donors (Lipinski definition) is 2. The monoisotopic (exact) mass is 569 g/mol. The molecule has 0 aliphatic rings. The summed E-state index contributed by atoms with van der Waals surface area (Å²) in [5, 5.41) is 10.6. The summed E-state index contributed by atoms with van der Waals surface area (Å²) in [5.41, 5.74) is 10.3. The van der Waals surface area contributed by atoms with Crippen molar-refractivity contribution in [3.05, 3.63) is 76.3 Å². The number of nitrogens with one attached hydrogen (secondary N) is 1. The second kappa shape index (κ2) is 10.7. The molecule has 11 heteroatoms. The van der Waals surface area contributed by atoms with E-state index >= 15 is 0 Å². The molecule has 0 spiro atoms. The number of nitriles is 1. The largest absolute Gasteiger partial charge is 0.489 e. The molecule has 4 aromatic rings. The van der Waals surface area contributed by atoms with Crippen LogP contribution in [0.25, 0.3) is 22.0 Å². The number of nitrogen functional groups attached to an aromatic ring is 1. The number of fused-ring (bicyclic) bond motifs is 1. The van der Waals surface area contributed by atoms with E-state index in [-0.39, 0.29) is 18.4 Å². The van der Waals surface area contributed by atoms with Crippen LogP contribution in [0.2, 0.25) is 5.02 Å². The third-order valence-corrected chi connectivity index (χ3v) is 7.14. The van der Waals surface area contributed by atoms with Gasteiger partial charge in [0.15, 0.2) is 5.75 Å². The first-order chi connectivity index (χ1) is 17.9. The Kier molecular flexibility index (Phi) is 7.70. The minimum absolute atomic E-state index is 0.0739. The highest BCUT2D eigenvalue weighted by atomic mass is 35.5. The molecule has 0 atom stereocenters. The van der Waals surface area contributed by atoms with Crippen LogP contribution in [-0.4, -0.2) is 37.1 Å². The predicted molar refractivity (Wildman–Crippen MR) is 152 cm³/mol. The van der Waals surface area contributed by atoms with Crippen LogP contribution in [0.15, 0.2) is 54.6 Å². The highest BCUT2D eigenvalue weighted by Crippen LogP contribution is 2.39. The summed E-state index contributed by atoms with van der Waals surface area (Å²) >= 11 is 12.2. The van der Waals surface area contributed by atoms with E-state index in [2.05, 4.69) is 34.6 Å². The van der Waals surface area contributed by atoms with Gasteiger partial charge < -0.3 is 10.5 Å². The number of ether oxygens (including phenoxy) is 1. The lowest BCUT2D eigenvalue weighted by atomic mass is 9.77. The number of hydrogen-bond acceptors (Lipinski definition) is 7. The lowest BCUT2D eigenvalue weighted by Gasteiger charge is -2.27. The van der Waals surface area contributed by atoms with Gasteiger partial charge in [-0.05, 0) is 46.5 Å². The van der Waals surface area contributed by atoms with Crippen molar-refractivity contribution < 1.29 is 13.2 Å². The second-order valence-electron chi connectivity index (χ2n) is 9.22. The van der Waals surface area contributed by atoms with Gasteiger partial charge >= 0.3 is 0 Å². The molecule has 0 saturated carbocycles. The van der Waals surface area contributed by atoms with Crippen molar-refractivity contribution in [2.75, 3.05) is 29.2 Å². The average molecular weight is 571 g/mol. The van der Waals surface area contributed by atoms with E-state index in [4.69, 9.17) is 33.7 Å². The van der Waals surface area contributed by atoms with Crippen molar-refractivity contribution >= 4 is 55.9 Å². The lowest BCUT2D eigenvalue weighted by Crippen LogP contribution is -2.19. The standard InChI is InChI=1S/C27H25Cl2N5O3S/c1-27(2,20-12-18(15-30)24(22(29)14-20)37-11-10-28)19-7-4-16(5-8-19)17-6-9-23-21(13-17)25(31)33-26(32-23)34-38(3,35)36/h4-9,12-14H,10-11H2,1-3H3,(H3,31,32,33,34). The SMILES string of the molecule is CC(C)(c1ccc(-c2ccc3nc(NS(C)(=O)=O)nc(N)c3c2)cc1)c1cc(Cl)c(OCCCl)c(C#N)c1. The Morgan fingerprint density at radius 1 is 1.05 bits per heavy atom. The van der Waals surface area contributed by atoms with E-state index < -0.39 is 15.4 Å². The molecule has 38 heavy (non-hydrogen) atoms. The zero-order chi connectivity index (χ0) is 27.7. The zero-order valence-corrected chi connectivity index (χ0v) is 23.2. The summed E-state index contributed by atoms with van der Waals surface area (Å²) in [4.78, 5) is 8.32. The Hall–Kier alpha value is -3.58. The van der Waals surface area contributed by atoms with Crippen LogP contribution in [0.3, 0.4) is 0 Å². The van der Waals surface area contributed by atoms with Gasteiger partial charge in [0.1, 0.15) is 18.5 Å². The molecule has 8 nitrogen and oxygen atoms in total. The fraction of sp³-hybridized carbons (Fsp3) is 0.222. The minimum atomic E-state index is -3.53. The molecular weight excluding hydrogens is 545 g/mol. The van der Waals surface area contributed by atoms with Gasteiger partial charge in [-0.2, -0.15) is 10.2 Å². The Morgan fingerprint density at radius 2 is 1.74 bits per heavy atom. The van der Waals surface area contributed by atoms with Crippen LogP contribution in [0.4, 0.5) is 11.8 Å². The molecule has 4 rings (SSSR count). The van der Waals surface area contributed by atoms with Crippen LogP contribution >= 0.6 is 23.2 Å². The lowest BCUT2D eigenvalue weighted by molar-refractivity contribution is 0.341. The first kappa shape index (κ1) is 27.5. The molecule has 0 fully saturated rings. The van der Waals surface area contributed by atoms with Crippen LogP contribution in [0, 0.1) is 11.3 Å². The third-order valence-electron chi connectivity index (χ3n) is 6.15. The molecule has 0 amide bonds. The van der Waals surface area contributed by atoms with Crippen molar-refractivity contribution in [1.29, 1.82) is 5.26 Å². The first-order valence-electron chi connectivity index (χ1n) is 11.5. The number of rotatable bonds is 8. The smallest absolute Gasteiger partial charge is 0.239 e. The van der Waals surface area contributed by atoms with E-state index in [0.29, 0.717) is 33.1 Å². The topological polar surface area (TPSA) is 131 Å². The summed E-state index contributed by atoms with van der Waals surface area (Å²) in [6.07, 6.45) is 1.02. The highest BCUT2D eigenvalue weighted by Gasteiger charge is 2.26. The Labute approximate surface area is 231 Å². The van der Waals surface area contributed by atoms with Gasteiger partial charge in [0.25, 0.3) is 0 Å². The number of sulfonamides is 1. The number of aromatic nitrogens is 2. The summed E-state index contributed by atoms with van der Waals surface area (Å²) in [7, 11) is -3.53. The summed E-state index contributed by atoms with van der Waals surface area (Å²) in [6, 6.07) is 19.4. The Balaban J connectivity index is 1.65. The van der Waals surface area contributed by atoms with Crippen LogP contribution in [0.5, 0.6) is 5.75 Å². The quantitative estimate of drug-likeness (QED) is 0.259. The molecule has 1 heterocycles. The maximum absolute atomic E-state index is 11.5. The second-order valence-corrected chi connectivity index (χ2v) is 11.8. The Bertz CT molecular complexity index is 1670. The maximum atomic E-state index is 11.5. The van der Waals surface area contributed by atoms with Crippen molar-refractivity contribution in [3.63, 3.8) is 0 Å². The molecule has 0 bridgehead atoms. The molecule has 0 saturated heterocycles. The zero-order valence-electron chi connectivity index (χ0n) is 20.9. The number of anilines is 2. The number of nitrogens with zero attached hydrogens (tertiary/aromatic N) is 3. The fourth-order valence-electron chi connectivity index (χ4n) is 4.11. The van der Waals surface area contributed by atoms with E-state index in [1.165, 1.54) is 0 Å². The molecule has 0 aliphatic carbocycles. The predicted octanol–water partition coefficient (Wildman–Crippen LogP) is 5.72. The molecule has 1 aromatic heterocycles. The summed E-state index contributed by atoms with van der Waals surface area (Å²) in [6.45, 7) is 4.38. The molecule has 0 unspecified atom stereocenters. The van der Waals surface area contributed by atoms with Crippen molar-refractivity contribution in [1.82, 2.24) is 9.97 Å². The summed E-state index contributed by atoms with van der Waals surface area (Å²) in [5.74, 6) is 0.724. The van der Waals surface area contributed by atoms with Gasteiger partial charge in [-0.3, -0.25) is 4.72 Å². The highest BCUT2D eigenvalue weighted by molar-refractivity contribution is 7.92. The van der Waals surface area contributed by atoms with E-state index in [0.717, 1.165) is 28.5 Å². The van der Waals surface area contributed by atoms with Gasteiger partial charge in [0, 0.05) is 10.8 Å². The molecular formula is C27H25Cl2N5O3S. The third kappa shape index (κ3) is 5.78. The van der Waals surface area contributed by atoms with E-state index in [1.54, 1.807) is 12.1 Å². The van der Waals surface area contributed by atoms with Gasteiger partial charge in [-0.1, -0.05) is 55.8 Å². The van der Waals surface area contributed by atoms with E-state index in [1.807, 2.05) is 42.5 Å². The molecule has 0 aliphatic heterocycles. The normalized spacial score (nSPS) is 11.8. The van der Waals surface area contributed by atoms with Gasteiger partial charge in [0.05, 0.1) is 28.2 Å². The first-order valence-corrected chi connectivity index (χ1v) is 14.3. The number of nitrogens with two attached hydrogens (primary N) is 1. The van der Waals surface area contributed by atoms with Crippen molar-refractivity contribution in [3.8, 4) is 22.9 Å². The van der Waals surface area contributed by atoms with Gasteiger partial charge in [-0.25, -0.2) is 13.4 Å². The summed E-state index contributed by atoms with van der Waals surface area (Å²) < 4.78 is 30.9. The average Bonchev–Trinajstić information content (AvgIpc) is 2.86. The van der Waals surface area contributed by atoms with Crippen LogP contribution in [0.1, 0.15) is 30.5 Å². The number of alkyl halides is 1. The minimum Gasteiger partial charge on any atom is -0.489 e. The number of benzene rings is 3. The van der Waals surface area contributed by atoms with Crippen molar-refractivity contribution in [2.24, 2.45) is 0 Å². The molecule has 196 valence electrons. The molecule has 0 radical (unpaired) electrons. The number of halogens is 2.